The molecule has 0 aromatic carbocycles. The number of rotatable bonds is 7. The molecule has 0 spiro atoms. The highest BCUT2D eigenvalue weighted by Gasteiger charge is 2.46. The Bertz CT molecular complexity index is 268. The van der Waals surface area contributed by atoms with Crippen LogP contribution in [0.3, 0.4) is 0 Å². The molecule has 0 amide bonds. The van der Waals surface area contributed by atoms with Crippen molar-refractivity contribution in [1.82, 2.24) is 5.32 Å². The second-order valence-corrected chi connectivity index (χ2v) is 5.52. The van der Waals surface area contributed by atoms with Crippen molar-refractivity contribution in [2.24, 2.45) is 5.92 Å². The van der Waals surface area contributed by atoms with Crippen LogP contribution in [-0.4, -0.2) is 37.9 Å². The molecule has 0 aromatic heterocycles. The van der Waals surface area contributed by atoms with E-state index in [1.54, 1.807) is 0 Å². The molecule has 106 valence electrons. The SMILES string of the molecule is CCNC1(C(=O)OC)CCC(OCCC(C)C)C1. The van der Waals surface area contributed by atoms with E-state index in [-0.39, 0.29) is 12.1 Å². The molecule has 4 nitrogen and oxygen atoms in total. The molecule has 0 aliphatic heterocycles. The normalized spacial score (nSPS) is 27.7. The Kier molecular flexibility index (Phi) is 6.09. The van der Waals surface area contributed by atoms with E-state index >= 15 is 0 Å². The Hall–Kier alpha value is -0.610. The highest BCUT2D eigenvalue weighted by Crippen LogP contribution is 2.33. The van der Waals surface area contributed by atoms with E-state index in [0.29, 0.717) is 5.92 Å². The van der Waals surface area contributed by atoms with Gasteiger partial charge in [0.2, 0.25) is 0 Å². The van der Waals surface area contributed by atoms with E-state index < -0.39 is 5.54 Å². The van der Waals surface area contributed by atoms with Crippen LogP contribution in [0, 0.1) is 5.92 Å². The van der Waals surface area contributed by atoms with Gasteiger partial charge in [0.25, 0.3) is 0 Å². The van der Waals surface area contributed by atoms with E-state index in [0.717, 1.165) is 38.8 Å². The van der Waals surface area contributed by atoms with Crippen molar-refractivity contribution in [2.75, 3.05) is 20.3 Å². The smallest absolute Gasteiger partial charge is 0.326 e. The average molecular weight is 257 g/mol. The van der Waals surface area contributed by atoms with Crippen LogP contribution in [0.4, 0.5) is 0 Å². The minimum Gasteiger partial charge on any atom is -0.468 e. The Labute approximate surface area is 110 Å². The largest absolute Gasteiger partial charge is 0.468 e. The Morgan fingerprint density at radius 3 is 2.78 bits per heavy atom. The third-order valence-electron chi connectivity index (χ3n) is 3.61. The van der Waals surface area contributed by atoms with Crippen molar-refractivity contribution >= 4 is 5.97 Å². The van der Waals surface area contributed by atoms with Gasteiger partial charge in [-0.2, -0.15) is 0 Å². The van der Waals surface area contributed by atoms with Crippen LogP contribution in [-0.2, 0) is 14.3 Å². The number of hydrogen-bond donors (Lipinski definition) is 1. The van der Waals surface area contributed by atoms with Crippen molar-refractivity contribution in [2.45, 2.75) is 58.1 Å². The van der Waals surface area contributed by atoms with Crippen molar-refractivity contribution in [1.29, 1.82) is 0 Å². The van der Waals surface area contributed by atoms with Gasteiger partial charge in [-0.05, 0) is 31.7 Å². The standard InChI is InChI=1S/C14H27NO3/c1-5-15-14(13(16)17-4)8-6-12(10-14)18-9-7-11(2)3/h11-12,15H,5-10H2,1-4H3. The molecule has 0 heterocycles. The van der Waals surface area contributed by atoms with E-state index in [9.17, 15) is 4.79 Å². The highest BCUT2D eigenvalue weighted by atomic mass is 16.5. The zero-order valence-corrected chi connectivity index (χ0v) is 12.1. The molecule has 2 unspecified atom stereocenters. The Morgan fingerprint density at radius 2 is 2.22 bits per heavy atom. The van der Waals surface area contributed by atoms with Gasteiger partial charge in [0.05, 0.1) is 13.2 Å². The summed E-state index contributed by atoms with van der Waals surface area (Å²) in [6.07, 6.45) is 3.72. The average Bonchev–Trinajstić information content (AvgIpc) is 2.73. The number of likely N-dealkylation sites (N-methyl/N-ethyl adjacent to an activating group) is 1. The molecular formula is C14H27NO3. The second kappa shape index (κ2) is 7.10. The van der Waals surface area contributed by atoms with Gasteiger partial charge in [0.1, 0.15) is 5.54 Å². The van der Waals surface area contributed by atoms with Crippen molar-refractivity contribution < 1.29 is 14.3 Å². The van der Waals surface area contributed by atoms with Crippen LogP contribution < -0.4 is 5.32 Å². The Morgan fingerprint density at radius 1 is 1.50 bits per heavy atom. The molecule has 0 bridgehead atoms. The van der Waals surface area contributed by atoms with Crippen LogP contribution in [0.1, 0.15) is 46.5 Å². The molecule has 4 heteroatoms. The summed E-state index contributed by atoms with van der Waals surface area (Å²) in [6.45, 7) is 7.95. The minimum atomic E-state index is -0.522. The van der Waals surface area contributed by atoms with Crippen LogP contribution in [0.5, 0.6) is 0 Å². The first-order valence-electron chi connectivity index (χ1n) is 6.99. The fourth-order valence-corrected chi connectivity index (χ4v) is 2.56. The third kappa shape index (κ3) is 3.95. The fourth-order valence-electron chi connectivity index (χ4n) is 2.56. The van der Waals surface area contributed by atoms with Gasteiger partial charge < -0.3 is 14.8 Å². The summed E-state index contributed by atoms with van der Waals surface area (Å²) < 4.78 is 10.8. The molecule has 1 rings (SSSR count). The molecule has 0 saturated heterocycles. The van der Waals surface area contributed by atoms with Gasteiger partial charge in [-0.15, -0.1) is 0 Å². The number of hydrogen-bond acceptors (Lipinski definition) is 4. The lowest BCUT2D eigenvalue weighted by Crippen LogP contribution is -2.51. The van der Waals surface area contributed by atoms with E-state index in [1.165, 1.54) is 7.11 Å². The number of ether oxygens (including phenoxy) is 2. The van der Waals surface area contributed by atoms with Gasteiger partial charge in [0, 0.05) is 13.0 Å². The van der Waals surface area contributed by atoms with Crippen LogP contribution >= 0.6 is 0 Å². The van der Waals surface area contributed by atoms with Crippen LogP contribution in [0.25, 0.3) is 0 Å². The zero-order valence-electron chi connectivity index (χ0n) is 12.1. The molecular weight excluding hydrogens is 230 g/mol. The van der Waals surface area contributed by atoms with Crippen molar-refractivity contribution in [3.63, 3.8) is 0 Å². The minimum absolute atomic E-state index is 0.153. The summed E-state index contributed by atoms with van der Waals surface area (Å²) in [5.41, 5.74) is -0.522. The Balaban J connectivity index is 2.47. The summed E-state index contributed by atoms with van der Waals surface area (Å²) in [5.74, 6) is 0.504. The summed E-state index contributed by atoms with van der Waals surface area (Å²) in [4.78, 5) is 11.9. The quantitative estimate of drug-likeness (QED) is 0.710. The number of carbonyl (C=O) groups excluding carboxylic acids is 1. The predicted molar refractivity (Wildman–Crippen MR) is 71.5 cm³/mol. The van der Waals surface area contributed by atoms with E-state index in [1.807, 2.05) is 6.92 Å². The lowest BCUT2D eigenvalue weighted by Gasteiger charge is -2.27. The monoisotopic (exact) mass is 257 g/mol. The molecule has 1 aliphatic carbocycles. The third-order valence-corrected chi connectivity index (χ3v) is 3.61. The molecule has 0 aromatic rings. The lowest BCUT2D eigenvalue weighted by molar-refractivity contribution is -0.148. The number of nitrogens with one attached hydrogen (secondary N) is 1. The first-order valence-corrected chi connectivity index (χ1v) is 6.99. The predicted octanol–water partition coefficient (Wildman–Crippen LogP) is 2.12. The first kappa shape index (κ1) is 15.4. The molecule has 1 aliphatic rings. The van der Waals surface area contributed by atoms with Gasteiger partial charge in [-0.25, -0.2) is 0 Å². The molecule has 1 saturated carbocycles. The van der Waals surface area contributed by atoms with E-state index in [2.05, 4.69) is 19.2 Å². The summed E-state index contributed by atoms with van der Waals surface area (Å²) in [6, 6.07) is 0. The molecule has 1 N–H and O–H groups in total. The van der Waals surface area contributed by atoms with Gasteiger partial charge in [0.15, 0.2) is 0 Å². The maximum absolute atomic E-state index is 11.9. The maximum Gasteiger partial charge on any atom is 0.326 e. The molecule has 0 radical (unpaired) electrons. The van der Waals surface area contributed by atoms with E-state index in [4.69, 9.17) is 9.47 Å². The summed E-state index contributed by atoms with van der Waals surface area (Å²) in [5, 5.41) is 3.28. The summed E-state index contributed by atoms with van der Waals surface area (Å²) in [7, 11) is 1.45. The lowest BCUT2D eigenvalue weighted by atomic mass is 9.97. The van der Waals surface area contributed by atoms with Crippen molar-refractivity contribution in [3.8, 4) is 0 Å². The highest BCUT2D eigenvalue weighted by molar-refractivity contribution is 5.81. The summed E-state index contributed by atoms with van der Waals surface area (Å²) >= 11 is 0. The molecule has 18 heavy (non-hydrogen) atoms. The van der Waals surface area contributed by atoms with Crippen LogP contribution in [0.2, 0.25) is 0 Å². The van der Waals surface area contributed by atoms with Gasteiger partial charge >= 0.3 is 5.97 Å². The molecule has 1 fully saturated rings. The topological polar surface area (TPSA) is 47.6 Å². The fraction of sp³-hybridized carbons (Fsp3) is 0.929. The van der Waals surface area contributed by atoms with Crippen molar-refractivity contribution in [3.05, 3.63) is 0 Å². The van der Waals surface area contributed by atoms with Gasteiger partial charge in [-0.1, -0.05) is 20.8 Å². The number of methoxy groups -OCH3 is 1. The van der Waals surface area contributed by atoms with Crippen LogP contribution in [0.15, 0.2) is 0 Å². The molecule has 2 atom stereocenters. The van der Waals surface area contributed by atoms with Gasteiger partial charge in [-0.3, -0.25) is 4.79 Å². The second-order valence-electron chi connectivity index (χ2n) is 5.52. The maximum atomic E-state index is 11.9. The first-order chi connectivity index (χ1) is 8.54. The zero-order chi connectivity index (χ0) is 13.6. The number of carbonyl (C=O) groups is 1. The number of esters is 1.